The number of rotatable bonds is 1. The van der Waals surface area contributed by atoms with Crippen LogP contribution in [0.25, 0.3) is 0 Å². The second-order valence-corrected chi connectivity index (χ2v) is 7.62. The third-order valence-corrected chi connectivity index (χ3v) is 5.16. The highest BCUT2D eigenvalue weighted by molar-refractivity contribution is 5.39. The molecule has 0 aromatic carbocycles. The van der Waals surface area contributed by atoms with Crippen molar-refractivity contribution in [2.24, 2.45) is 23.2 Å². The van der Waals surface area contributed by atoms with Crippen molar-refractivity contribution in [3.63, 3.8) is 0 Å². The molecule has 2 atom stereocenters. The summed E-state index contributed by atoms with van der Waals surface area (Å²) in [6.07, 6.45) is 1.31. The van der Waals surface area contributed by atoms with Gasteiger partial charge in [0.2, 0.25) is 0 Å². The molecule has 0 fully saturated rings. The Morgan fingerprint density at radius 1 is 0.889 bits per heavy atom. The minimum Gasteiger partial charge on any atom is -0.0668 e. The van der Waals surface area contributed by atoms with E-state index in [1.807, 2.05) is 0 Å². The van der Waals surface area contributed by atoms with E-state index in [2.05, 4.69) is 62.3 Å². The summed E-state index contributed by atoms with van der Waals surface area (Å²) in [5.41, 5.74) is 6.67. The van der Waals surface area contributed by atoms with Crippen LogP contribution in [0.5, 0.6) is 0 Å². The van der Waals surface area contributed by atoms with Gasteiger partial charge in [0.25, 0.3) is 0 Å². The molecule has 0 aromatic rings. The maximum atomic E-state index is 2.39. The normalized spacial score (nSPS) is 27.0. The van der Waals surface area contributed by atoms with Gasteiger partial charge >= 0.3 is 0 Å². The van der Waals surface area contributed by atoms with Crippen molar-refractivity contribution in [3.05, 3.63) is 22.3 Å². The molecule has 0 heterocycles. The maximum Gasteiger partial charge on any atom is -0.0146 e. The SMILES string of the molecule is CC1=C(C)C(C(C)C)CC(C(C)(C)C)C(C)=C1C. The van der Waals surface area contributed by atoms with E-state index in [0.717, 1.165) is 11.8 Å². The lowest BCUT2D eigenvalue weighted by Gasteiger charge is -2.35. The van der Waals surface area contributed by atoms with Crippen LogP contribution in [0.3, 0.4) is 0 Å². The minimum atomic E-state index is 0.364. The molecular weight excluding hydrogens is 216 g/mol. The van der Waals surface area contributed by atoms with E-state index in [1.54, 1.807) is 11.1 Å². The van der Waals surface area contributed by atoms with Crippen molar-refractivity contribution in [3.8, 4) is 0 Å². The fourth-order valence-electron chi connectivity index (χ4n) is 3.51. The molecule has 0 bridgehead atoms. The van der Waals surface area contributed by atoms with Gasteiger partial charge in [0.05, 0.1) is 0 Å². The van der Waals surface area contributed by atoms with Crippen LogP contribution in [-0.2, 0) is 0 Å². The first-order valence-electron chi connectivity index (χ1n) is 7.42. The lowest BCUT2D eigenvalue weighted by molar-refractivity contribution is 0.222. The molecule has 0 N–H and O–H groups in total. The molecule has 0 amide bonds. The van der Waals surface area contributed by atoms with E-state index in [4.69, 9.17) is 0 Å². The fourth-order valence-corrected chi connectivity index (χ4v) is 3.51. The highest BCUT2D eigenvalue weighted by Crippen LogP contribution is 2.45. The van der Waals surface area contributed by atoms with Crippen molar-refractivity contribution in [2.45, 2.75) is 68.7 Å². The molecule has 0 aliphatic heterocycles. The Kier molecular flexibility index (Phi) is 4.51. The number of hydrogen-bond acceptors (Lipinski definition) is 0. The van der Waals surface area contributed by atoms with Gasteiger partial charge in [-0.2, -0.15) is 0 Å². The van der Waals surface area contributed by atoms with Gasteiger partial charge in [0.15, 0.2) is 0 Å². The van der Waals surface area contributed by atoms with E-state index in [-0.39, 0.29) is 0 Å². The second-order valence-electron chi connectivity index (χ2n) is 7.62. The lowest BCUT2D eigenvalue weighted by Crippen LogP contribution is -2.26. The zero-order valence-electron chi connectivity index (χ0n) is 13.9. The third-order valence-electron chi connectivity index (χ3n) is 5.16. The van der Waals surface area contributed by atoms with E-state index in [0.29, 0.717) is 11.3 Å². The predicted molar refractivity (Wildman–Crippen MR) is 82.6 cm³/mol. The second kappa shape index (κ2) is 5.23. The van der Waals surface area contributed by atoms with Crippen LogP contribution < -0.4 is 0 Å². The number of allylic oxidation sites excluding steroid dienone is 4. The summed E-state index contributed by atoms with van der Waals surface area (Å²) >= 11 is 0. The van der Waals surface area contributed by atoms with Crippen molar-refractivity contribution < 1.29 is 0 Å². The minimum absolute atomic E-state index is 0.364. The Morgan fingerprint density at radius 2 is 1.33 bits per heavy atom. The van der Waals surface area contributed by atoms with Gasteiger partial charge in [-0.25, -0.2) is 0 Å². The van der Waals surface area contributed by atoms with Crippen molar-refractivity contribution >= 4 is 0 Å². The van der Waals surface area contributed by atoms with Gasteiger partial charge in [-0.1, -0.05) is 45.8 Å². The molecule has 0 nitrogen and oxygen atoms in total. The van der Waals surface area contributed by atoms with Gasteiger partial charge in [-0.05, 0) is 68.4 Å². The number of hydrogen-bond donors (Lipinski definition) is 0. The summed E-state index contributed by atoms with van der Waals surface area (Å²) in [6, 6.07) is 0. The van der Waals surface area contributed by atoms with Crippen LogP contribution in [0.2, 0.25) is 0 Å². The average Bonchev–Trinajstić information content (AvgIpc) is 2.30. The molecule has 0 spiro atoms. The van der Waals surface area contributed by atoms with Crippen molar-refractivity contribution in [1.29, 1.82) is 0 Å². The van der Waals surface area contributed by atoms with Gasteiger partial charge in [-0.15, -0.1) is 0 Å². The molecule has 1 aliphatic rings. The molecule has 0 radical (unpaired) electrons. The molecule has 1 rings (SSSR count). The van der Waals surface area contributed by atoms with Gasteiger partial charge in [-0.3, -0.25) is 0 Å². The molecule has 0 heteroatoms. The van der Waals surface area contributed by atoms with Crippen LogP contribution in [0.4, 0.5) is 0 Å². The van der Waals surface area contributed by atoms with E-state index in [9.17, 15) is 0 Å². The molecule has 0 saturated heterocycles. The standard InChI is InChI=1S/C18H32/c1-11(2)16-10-17(18(7,8)9)15(6)13(4)12(3)14(16)5/h11,16-17H,10H2,1-9H3. The molecular formula is C18H32. The lowest BCUT2D eigenvalue weighted by atomic mass is 9.70. The zero-order valence-corrected chi connectivity index (χ0v) is 13.9. The highest BCUT2D eigenvalue weighted by Gasteiger charge is 2.33. The summed E-state index contributed by atoms with van der Waals surface area (Å²) in [5.74, 6) is 2.18. The Morgan fingerprint density at radius 3 is 1.72 bits per heavy atom. The summed E-state index contributed by atoms with van der Waals surface area (Å²) in [7, 11) is 0. The van der Waals surface area contributed by atoms with Crippen LogP contribution in [0, 0.1) is 23.2 Å². The van der Waals surface area contributed by atoms with Gasteiger partial charge in [0.1, 0.15) is 0 Å². The smallest absolute Gasteiger partial charge is 0.0146 e. The first kappa shape index (κ1) is 15.5. The largest absolute Gasteiger partial charge is 0.0668 e. The van der Waals surface area contributed by atoms with Crippen LogP contribution in [0.15, 0.2) is 22.3 Å². The maximum absolute atomic E-state index is 2.39. The molecule has 1 aliphatic carbocycles. The van der Waals surface area contributed by atoms with Crippen molar-refractivity contribution in [2.75, 3.05) is 0 Å². The average molecular weight is 248 g/mol. The highest BCUT2D eigenvalue weighted by atomic mass is 14.4. The Bertz CT molecular complexity index is 371. The van der Waals surface area contributed by atoms with Gasteiger partial charge < -0.3 is 0 Å². The quantitative estimate of drug-likeness (QED) is 0.534. The first-order chi connectivity index (χ1) is 8.07. The molecule has 104 valence electrons. The molecule has 2 unspecified atom stereocenters. The van der Waals surface area contributed by atoms with E-state index < -0.39 is 0 Å². The topological polar surface area (TPSA) is 0 Å². The summed E-state index contributed by atoms with van der Waals surface area (Å²) in [4.78, 5) is 0. The summed E-state index contributed by atoms with van der Waals surface area (Å²) in [6.45, 7) is 21.2. The Labute approximate surface area is 115 Å². The fraction of sp³-hybridized carbons (Fsp3) is 0.778. The van der Waals surface area contributed by atoms with Gasteiger partial charge in [0, 0.05) is 0 Å². The first-order valence-corrected chi connectivity index (χ1v) is 7.42. The monoisotopic (exact) mass is 248 g/mol. The Balaban J connectivity index is 3.31. The van der Waals surface area contributed by atoms with Crippen LogP contribution >= 0.6 is 0 Å². The molecule has 0 aromatic heterocycles. The zero-order chi connectivity index (χ0) is 14.2. The summed E-state index contributed by atoms with van der Waals surface area (Å²) < 4.78 is 0. The summed E-state index contributed by atoms with van der Waals surface area (Å²) in [5, 5.41) is 0. The van der Waals surface area contributed by atoms with E-state index >= 15 is 0 Å². The van der Waals surface area contributed by atoms with E-state index in [1.165, 1.54) is 17.6 Å². The predicted octanol–water partition coefficient (Wildman–Crippen LogP) is 6.00. The molecule has 0 saturated carbocycles. The van der Waals surface area contributed by atoms with Crippen LogP contribution in [-0.4, -0.2) is 0 Å². The Hall–Kier alpha value is -0.520. The third kappa shape index (κ3) is 2.90. The van der Waals surface area contributed by atoms with Crippen LogP contribution in [0.1, 0.15) is 68.7 Å². The van der Waals surface area contributed by atoms with Crippen molar-refractivity contribution in [1.82, 2.24) is 0 Å². The molecule has 18 heavy (non-hydrogen) atoms.